The Bertz CT molecular complexity index is 729. The molecule has 0 aromatic heterocycles. The van der Waals surface area contributed by atoms with Gasteiger partial charge in [-0.3, -0.25) is 4.90 Å². The Hall–Kier alpha value is -2.33. The molecule has 132 valence electrons. The maximum absolute atomic E-state index is 12.7. The van der Waals surface area contributed by atoms with E-state index in [0.717, 1.165) is 43.0 Å². The van der Waals surface area contributed by atoms with Gasteiger partial charge in [0.1, 0.15) is 0 Å². The van der Waals surface area contributed by atoms with Crippen molar-refractivity contribution in [2.24, 2.45) is 0 Å². The topological polar surface area (TPSA) is 35.6 Å². The lowest BCUT2D eigenvalue weighted by Gasteiger charge is -2.39. The monoisotopic (exact) mass is 337 g/mol. The van der Waals surface area contributed by atoms with Crippen molar-refractivity contribution < 1.29 is 4.79 Å². The number of aryl methyl sites for hydroxylation is 2. The van der Waals surface area contributed by atoms with Gasteiger partial charge in [-0.15, -0.1) is 0 Å². The van der Waals surface area contributed by atoms with E-state index in [2.05, 4.69) is 47.5 Å². The fourth-order valence-electron chi connectivity index (χ4n) is 3.38. The van der Waals surface area contributed by atoms with Crippen molar-refractivity contribution in [3.05, 3.63) is 65.2 Å². The van der Waals surface area contributed by atoms with Gasteiger partial charge in [0.2, 0.25) is 0 Å². The number of hydrogen-bond acceptors (Lipinski definition) is 2. The zero-order valence-electron chi connectivity index (χ0n) is 15.3. The Morgan fingerprint density at radius 3 is 2.60 bits per heavy atom. The minimum atomic E-state index is 0.000520. The van der Waals surface area contributed by atoms with Crippen LogP contribution in [0.4, 0.5) is 10.5 Å². The number of nitrogens with one attached hydrogen (secondary N) is 1. The number of carbonyl (C=O) groups excluding carboxylic acids is 1. The van der Waals surface area contributed by atoms with Crippen molar-refractivity contribution in [1.82, 2.24) is 9.80 Å². The van der Waals surface area contributed by atoms with E-state index in [1.165, 1.54) is 5.56 Å². The molecule has 2 aromatic carbocycles. The summed E-state index contributed by atoms with van der Waals surface area (Å²) in [7, 11) is 0. The summed E-state index contributed by atoms with van der Waals surface area (Å²) in [6, 6.07) is 16.9. The highest BCUT2D eigenvalue weighted by molar-refractivity contribution is 5.90. The molecule has 0 saturated carbocycles. The molecular weight excluding hydrogens is 310 g/mol. The van der Waals surface area contributed by atoms with Crippen LogP contribution in [-0.4, -0.2) is 41.5 Å². The molecule has 1 saturated heterocycles. The smallest absolute Gasteiger partial charge is 0.319 e. The first-order valence-corrected chi connectivity index (χ1v) is 8.94. The molecule has 1 aliphatic rings. The summed E-state index contributed by atoms with van der Waals surface area (Å²) >= 11 is 0. The lowest BCUT2D eigenvalue weighted by Crippen LogP contribution is -2.54. The van der Waals surface area contributed by atoms with Gasteiger partial charge >= 0.3 is 6.03 Å². The first-order chi connectivity index (χ1) is 12.0. The van der Waals surface area contributed by atoms with Crippen molar-refractivity contribution in [1.29, 1.82) is 0 Å². The van der Waals surface area contributed by atoms with Crippen LogP contribution in [0.2, 0.25) is 0 Å². The van der Waals surface area contributed by atoms with Crippen LogP contribution in [0.5, 0.6) is 0 Å². The van der Waals surface area contributed by atoms with Crippen molar-refractivity contribution >= 4 is 11.7 Å². The maximum Gasteiger partial charge on any atom is 0.322 e. The van der Waals surface area contributed by atoms with E-state index in [1.54, 1.807) is 0 Å². The lowest BCUT2D eigenvalue weighted by molar-refractivity contribution is 0.104. The average molecular weight is 337 g/mol. The van der Waals surface area contributed by atoms with Crippen LogP contribution >= 0.6 is 0 Å². The molecule has 0 bridgehead atoms. The van der Waals surface area contributed by atoms with Crippen molar-refractivity contribution in [2.45, 2.75) is 33.4 Å². The van der Waals surface area contributed by atoms with Crippen LogP contribution in [0.25, 0.3) is 0 Å². The highest BCUT2D eigenvalue weighted by Gasteiger charge is 2.27. The third-order valence-electron chi connectivity index (χ3n) is 4.86. The number of amides is 2. The maximum atomic E-state index is 12.7. The molecule has 0 aliphatic carbocycles. The summed E-state index contributed by atoms with van der Waals surface area (Å²) in [5.41, 5.74) is 4.47. The van der Waals surface area contributed by atoms with Gasteiger partial charge in [0.15, 0.2) is 0 Å². The third kappa shape index (κ3) is 4.40. The minimum absolute atomic E-state index is 0.000520. The van der Waals surface area contributed by atoms with E-state index in [1.807, 2.05) is 36.9 Å². The summed E-state index contributed by atoms with van der Waals surface area (Å²) in [5, 5.41) is 3.08. The first-order valence-electron chi connectivity index (χ1n) is 8.94. The van der Waals surface area contributed by atoms with Crippen LogP contribution < -0.4 is 5.32 Å². The fraction of sp³-hybridized carbons (Fsp3) is 0.381. The van der Waals surface area contributed by atoms with Gasteiger partial charge in [-0.2, -0.15) is 0 Å². The quantitative estimate of drug-likeness (QED) is 0.917. The van der Waals surface area contributed by atoms with Crippen LogP contribution in [0.1, 0.15) is 23.6 Å². The number of benzene rings is 2. The van der Waals surface area contributed by atoms with Crippen LogP contribution in [0, 0.1) is 13.8 Å². The van der Waals surface area contributed by atoms with Crippen molar-refractivity contribution in [3.63, 3.8) is 0 Å². The summed E-state index contributed by atoms with van der Waals surface area (Å²) in [4.78, 5) is 17.1. The van der Waals surface area contributed by atoms with Crippen molar-refractivity contribution in [2.75, 3.05) is 25.0 Å². The molecule has 0 unspecified atom stereocenters. The van der Waals surface area contributed by atoms with Gasteiger partial charge in [0.25, 0.3) is 0 Å². The molecule has 0 radical (unpaired) electrons. The molecule has 1 aliphatic heterocycles. The standard InChI is InChI=1S/C21H27N3O/c1-16-9-10-17(2)20(13-16)22-21(25)24-12-11-23(14-18(24)3)15-19-7-5-4-6-8-19/h4-10,13,18H,11-12,14-15H2,1-3H3,(H,22,25)/t18-/m1/s1. The van der Waals surface area contributed by atoms with Crippen LogP contribution in [0.3, 0.4) is 0 Å². The first kappa shape index (κ1) is 17.5. The van der Waals surface area contributed by atoms with Gasteiger partial charge in [-0.25, -0.2) is 4.79 Å². The van der Waals surface area contributed by atoms with Gasteiger partial charge in [0, 0.05) is 37.9 Å². The number of anilines is 1. The molecule has 2 amide bonds. The summed E-state index contributed by atoms with van der Waals surface area (Å²) in [5.74, 6) is 0. The minimum Gasteiger partial charge on any atom is -0.319 e. The Morgan fingerprint density at radius 1 is 1.12 bits per heavy atom. The number of urea groups is 1. The Labute approximate surface area is 150 Å². The second kappa shape index (κ2) is 7.70. The summed E-state index contributed by atoms with van der Waals surface area (Å²) in [6.45, 7) is 9.69. The Balaban J connectivity index is 1.59. The Kier molecular flexibility index (Phi) is 5.39. The van der Waals surface area contributed by atoms with Gasteiger partial charge in [-0.05, 0) is 43.5 Å². The molecule has 1 fully saturated rings. The van der Waals surface area contributed by atoms with Gasteiger partial charge < -0.3 is 10.2 Å². The van der Waals surface area contributed by atoms with E-state index in [0.29, 0.717) is 0 Å². The number of piperazine rings is 1. The number of rotatable bonds is 3. The van der Waals surface area contributed by atoms with E-state index >= 15 is 0 Å². The highest BCUT2D eigenvalue weighted by atomic mass is 16.2. The highest BCUT2D eigenvalue weighted by Crippen LogP contribution is 2.19. The summed E-state index contributed by atoms with van der Waals surface area (Å²) < 4.78 is 0. The fourth-order valence-corrected chi connectivity index (χ4v) is 3.38. The molecule has 1 N–H and O–H groups in total. The predicted octanol–water partition coefficient (Wildman–Crippen LogP) is 4.04. The van der Waals surface area contributed by atoms with Crippen LogP contribution in [-0.2, 0) is 6.54 Å². The van der Waals surface area contributed by atoms with E-state index in [4.69, 9.17) is 0 Å². The zero-order chi connectivity index (χ0) is 17.8. The normalized spacial score (nSPS) is 18.2. The largest absolute Gasteiger partial charge is 0.322 e. The lowest BCUT2D eigenvalue weighted by atomic mass is 10.1. The average Bonchev–Trinajstić information content (AvgIpc) is 2.59. The van der Waals surface area contributed by atoms with E-state index in [9.17, 15) is 4.79 Å². The third-order valence-corrected chi connectivity index (χ3v) is 4.86. The Morgan fingerprint density at radius 2 is 1.88 bits per heavy atom. The zero-order valence-corrected chi connectivity index (χ0v) is 15.3. The number of hydrogen-bond donors (Lipinski definition) is 1. The molecule has 25 heavy (non-hydrogen) atoms. The van der Waals surface area contributed by atoms with E-state index in [-0.39, 0.29) is 12.1 Å². The molecule has 1 atom stereocenters. The van der Waals surface area contributed by atoms with E-state index < -0.39 is 0 Å². The SMILES string of the molecule is Cc1ccc(C)c(NC(=O)N2CCN(Cc3ccccc3)C[C@H]2C)c1. The van der Waals surface area contributed by atoms with Gasteiger partial charge in [-0.1, -0.05) is 42.5 Å². The molecule has 0 spiro atoms. The molecule has 2 aromatic rings. The van der Waals surface area contributed by atoms with Crippen LogP contribution in [0.15, 0.2) is 48.5 Å². The molecular formula is C21H27N3O. The number of nitrogens with zero attached hydrogens (tertiary/aromatic N) is 2. The second-order valence-electron chi connectivity index (χ2n) is 7.01. The molecule has 3 rings (SSSR count). The van der Waals surface area contributed by atoms with Crippen molar-refractivity contribution in [3.8, 4) is 0 Å². The molecule has 4 heteroatoms. The van der Waals surface area contributed by atoms with Gasteiger partial charge in [0.05, 0.1) is 0 Å². The number of carbonyl (C=O) groups is 1. The summed E-state index contributed by atoms with van der Waals surface area (Å²) in [6.07, 6.45) is 0. The molecule has 1 heterocycles. The molecule has 4 nitrogen and oxygen atoms in total. The predicted molar refractivity (Wildman–Crippen MR) is 103 cm³/mol. The second-order valence-corrected chi connectivity index (χ2v) is 7.01.